The summed E-state index contributed by atoms with van der Waals surface area (Å²) in [6.07, 6.45) is -0.0712. The molecule has 116 valence electrons. The molecule has 1 heterocycles. The molecular formula is C16H18N2O4. The number of benzene rings is 1. The Bertz CT molecular complexity index is 656. The number of nitrogens with one attached hydrogen (secondary N) is 1. The lowest BCUT2D eigenvalue weighted by atomic mass is 10.1. The lowest BCUT2D eigenvalue weighted by molar-refractivity contribution is -0.119. The predicted octanol–water partition coefficient (Wildman–Crippen LogP) is 1.52. The number of carbonyl (C=O) groups is 3. The van der Waals surface area contributed by atoms with Gasteiger partial charge in [-0.25, -0.2) is 4.79 Å². The molecule has 0 radical (unpaired) electrons. The number of anilines is 1. The minimum atomic E-state index is -0.423. The highest BCUT2D eigenvalue weighted by Gasteiger charge is 2.34. The number of hydrogen-bond acceptors (Lipinski definition) is 4. The van der Waals surface area contributed by atoms with Crippen LogP contribution in [0.4, 0.5) is 10.5 Å². The van der Waals surface area contributed by atoms with Crippen molar-refractivity contribution in [3.8, 4) is 0 Å². The first-order valence-corrected chi connectivity index (χ1v) is 7.35. The second kappa shape index (κ2) is 5.44. The van der Waals surface area contributed by atoms with Crippen LogP contribution in [0.5, 0.6) is 0 Å². The average Bonchev–Trinajstić information content (AvgIpc) is 2.97. The monoisotopic (exact) mass is 302 g/mol. The molecule has 1 N–H and O–H groups in total. The first-order chi connectivity index (χ1) is 10.5. The fraction of sp³-hybridized carbons (Fsp3) is 0.438. The molecule has 3 rings (SSSR count). The van der Waals surface area contributed by atoms with E-state index in [0.29, 0.717) is 19.5 Å². The number of fused-ring (bicyclic) bond motifs is 1. The zero-order chi connectivity index (χ0) is 15.9. The lowest BCUT2D eigenvalue weighted by Crippen LogP contribution is -2.33. The van der Waals surface area contributed by atoms with Crippen LogP contribution < -0.4 is 10.2 Å². The average molecular weight is 302 g/mol. The number of hydrogen-bond donors (Lipinski definition) is 1. The Kier molecular flexibility index (Phi) is 3.60. The maximum absolute atomic E-state index is 12.0. The first kappa shape index (κ1) is 14.6. The third-order valence-corrected chi connectivity index (χ3v) is 4.09. The molecule has 1 aromatic rings. The molecule has 0 spiro atoms. The standard InChI is InChI=1S/C16H18N2O4/c1-9-5-11-6-12(3-4-14(11)15(9)20)18-8-13(22-16(18)21)7-17-10(2)19/h3-4,6,9,13H,5,7-8H2,1-2H3,(H,17,19). The van der Waals surface area contributed by atoms with E-state index in [0.717, 1.165) is 16.8 Å². The van der Waals surface area contributed by atoms with Crippen LogP contribution in [0.3, 0.4) is 0 Å². The van der Waals surface area contributed by atoms with Crippen LogP contribution >= 0.6 is 0 Å². The highest BCUT2D eigenvalue weighted by atomic mass is 16.6. The zero-order valence-electron chi connectivity index (χ0n) is 12.6. The maximum Gasteiger partial charge on any atom is 0.414 e. The van der Waals surface area contributed by atoms with E-state index in [-0.39, 0.29) is 23.7 Å². The van der Waals surface area contributed by atoms with E-state index in [1.165, 1.54) is 6.92 Å². The van der Waals surface area contributed by atoms with Gasteiger partial charge in [0.15, 0.2) is 5.78 Å². The van der Waals surface area contributed by atoms with Gasteiger partial charge in [-0.1, -0.05) is 6.92 Å². The number of nitrogens with zero attached hydrogens (tertiary/aromatic N) is 1. The second-order valence-corrected chi connectivity index (χ2v) is 5.86. The van der Waals surface area contributed by atoms with E-state index in [4.69, 9.17) is 4.74 Å². The quantitative estimate of drug-likeness (QED) is 0.918. The van der Waals surface area contributed by atoms with Gasteiger partial charge < -0.3 is 10.1 Å². The van der Waals surface area contributed by atoms with Gasteiger partial charge in [-0.05, 0) is 30.2 Å². The molecule has 1 aliphatic heterocycles. The van der Waals surface area contributed by atoms with Crippen LogP contribution in [0, 0.1) is 5.92 Å². The maximum atomic E-state index is 12.0. The number of ether oxygens (including phenoxy) is 1. The molecule has 22 heavy (non-hydrogen) atoms. The molecule has 6 nitrogen and oxygen atoms in total. The summed E-state index contributed by atoms with van der Waals surface area (Å²) in [6.45, 7) is 4.03. The van der Waals surface area contributed by atoms with Gasteiger partial charge in [0.25, 0.3) is 0 Å². The van der Waals surface area contributed by atoms with Crippen molar-refractivity contribution in [1.82, 2.24) is 5.32 Å². The second-order valence-electron chi connectivity index (χ2n) is 5.86. The highest BCUT2D eigenvalue weighted by Crippen LogP contribution is 2.31. The van der Waals surface area contributed by atoms with Gasteiger partial charge in [0.05, 0.1) is 13.1 Å². The fourth-order valence-corrected chi connectivity index (χ4v) is 2.94. The molecule has 1 fully saturated rings. The summed E-state index contributed by atoms with van der Waals surface area (Å²) >= 11 is 0. The normalized spacial score (nSPS) is 23.5. The minimum Gasteiger partial charge on any atom is -0.442 e. The zero-order valence-corrected chi connectivity index (χ0v) is 12.6. The van der Waals surface area contributed by atoms with Crippen molar-refractivity contribution in [3.63, 3.8) is 0 Å². The van der Waals surface area contributed by atoms with Gasteiger partial charge in [0.2, 0.25) is 5.91 Å². The van der Waals surface area contributed by atoms with Crippen molar-refractivity contribution in [2.75, 3.05) is 18.0 Å². The summed E-state index contributed by atoms with van der Waals surface area (Å²) in [6, 6.07) is 5.44. The van der Waals surface area contributed by atoms with E-state index >= 15 is 0 Å². The van der Waals surface area contributed by atoms with Crippen LogP contribution in [0.1, 0.15) is 29.8 Å². The van der Waals surface area contributed by atoms with Gasteiger partial charge in [-0.2, -0.15) is 0 Å². The highest BCUT2D eigenvalue weighted by molar-refractivity contribution is 6.03. The van der Waals surface area contributed by atoms with Gasteiger partial charge >= 0.3 is 6.09 Å². The molecule has 2 amide bonds. The molecule has 0 aromatic heterocycles. The molecule has 1 saturated heterocycles. The summed E-state index contributed by atoms with van der Waals surface area (Å²) in [4.78, 5) is 36.4. The van der Waals surface area contributed by atoms with Gasteiger partial charge in [-0.3, -0.25) is 14.5 Å². The third kappa shape index (κ3) is 2.56. The van der Waals surface area contributed by atoms with E-state index in [1.54, 1.807) is 17.0 Å². The molecule has 1 aliphatic carbocycles. The van der Waals surface area contributed by atoms with Gasteiger partial charge in [-0.15, -0.1) is 0 Å². The summed E-state index contributed by atoms with van der Waals surface area (Å²) < 4.78 is 5.25. The Morgan fingerprint density at radius 3 is 2.91 bits per heavy atom. The van der Waals surface area contributed by atoms with E-state index in [2.05, 4.69) is 5.32 Å². The van der Waals surface area contributed by atoms with E-state index < -0.39 is 6.09 Å². The smallest absolute Gasteiger partial charge is 0.414 e. The van der Waals surface area contributed by atoms with E-state index in [1.807, 2.05) is 13.0 Å². The van der Waals surface area contributed by atoms with Gasteiger partial charge in [0, 0.05) is 24.1 Å². The molecule has 2 aliphatic rings. The van der Waals surface area contributed by atoms with Crippen molar-refractivity contribution in [1.29, 1.82) is 0 Å². The van der Waals surface area contributed by atoms with Crippen LogP contribution in [0.25, 0.3) is 0 Å². The molecule has 6 heteroatoms. The number of carbonyl (C=O) groups excluding carboxylic acids is 3. The van der Waals surface area contributed by atoms with E-state index in [9.17, 15) is 14.4 Å². The van der Waals surface area contributed by atoms with Gasteiger partial charge in [0.1, 0.15) is 6.10 Å². The van der Waals surface area contributed by atoms with Crippen molar-refractivity contribution in [2.24, 2.45) is 5.92 Å². The Morgan fingerprint density at radius 1 is 1.41 bits per heavy atom. The van der Waals surface area contributed by atoms with Crippen LogP contribution in [0.2, 0.25) is 0 Å². The summed E-state index contributed by atoms with van der Waals surface area (Å²) in [5.74, 6) is 0.0110. The number of rotatable bonds is 3. The number of cyclic esters (lactones) is 1. The van der Waals surface area contributed by atoms with Crippen molar-refractivity contribution < 1.29 is 19.1 Å². The number of ketones is 1. The SMILES string of the molecule is CC(=O)NCC1CN(c2ccc3c(c2)CC(C)C3=O)C(=O)O1. The summed E-state index contributed by atoms with van der Waals surface area (Å²) in [5.41, 5.74) is 2.46. The van der Waals surface area contributed by atoms with Crippen LogP contribution in [-0.4, -0.2) is 37.0 Å². The molecule has 2 atom stereocenters. The van der Waals surface area contributed by atoms with Crippen molar-refractivity contribution in [3.05, 3.63) is 29.3 Å². The fourth-order valence-electron chi connectivity index (χ4n) is 2.94. The summed E-state index contributed by atoms with van der Waals surface area (Å²) in [7, 11) is 0. The molecule has 0 saturated carbocycles. The first-order valence-electron chi connectivity index (χ1n) is 7.35. The Morgan fingerprint density at radius 2 is 2.18 bits per heavy atom. The number of amides is 2. The predicted molar refractivity (Wildman–Crippen MR) is 79.9 cm³/mol. The molecule has 2 unspecified atom stereocenters. The molecule has 1 aromatic carbocycles. The minimum absolute atomic E-state index is 0.00305. The molecule has 0 bridgehead atoms. The van der Waals surface area contributed by atoms with Crippen LogP contribution in [0.15, 0.2) is 18.2 Å². The topological polar surface area (TPSA) is 75.7 Å². The number of Topliss-reactive ketones (excluding diaryl/α,β-unsaturated/α-hetero) is 1. The summed E-state index contributed by atoms with van der Waals surface area (Å²) in [5, 5.41) is 2.65. The molecular weight excluding hydrogens is 284 g/mol. The van der Waals surface area contributed by atoms with Crippen molar-refractivity contribution >= 4 is 23.5 Å². The third-order valence-electron chi connectivity index (χ3n) is 4.09. The van der Waals surface area contributed by atoms with Crippen LogP contribution in [-0.2, 0) is 16.0 Å². The largest absolute Gasteiger partial charge is 0.442 e. The van der Waals surface area contributed by atoms with Crippen molar-refractivity contribution in [2.45, 2.75) is 26.4 Å². The Hall–Kier alpha value is -2.37. The lowest BCUT2D eigenvalue weighted by Gasteiger charge is -2.14. The Labute approximate surface area is 128 Å². The Balaban J connectivity index is 1.75.